The highest BCUT2D eigenvalue weighted by atomic mass is 16.6. The number of guanidine groups is 1. The third-order valence-electron chi connectivity index (χ3n) is 0.419. The molecule has 0 aromatic heterocycles. The van der Waals surface area contributed by atoms with Crippen LogP contribution in [0.25, 0.3) is 0 Å². The molecule has 0 bridgehead atoms. The Balaban J connectivity index is 3.58. The van der Waals surface area contributed by atoms with Gasteiger partial charge in [-0.1, -0.05) is 0 Å². The van der Waals surface area contributed by atoms with Gasteiger partial charge < -0.3 is 10.1 Å². The van der Waals surface area contributed by atoms with Crippen LogP contribution in [0.1, 0.15) is 0 Å². The van der Waals surface area contributed by atoms with E-state index in [2.05, 4.69) is 0 Å². The van der Waals surface area contributed by atoms with Crippen LogP contribution in [-0.2, 0) is 0 Å². The van der Waals surface area contributed by atoms with Gasteiger partial charge in [0, 0.05) is 0 Å². The summed E-state index contributed by atoms with van der Waals surface area (Å²) in [6.07, 6.45) is 0. The van der Waals surface area contributed by atoms with E-state index in [0.717, 1.165) is 0 Å². The van der Waals surface area contributed by atoms with Gasteiger partial charge in [-0.15, -0.1) is 5.41 Å². The first-order chi connectivity index (χ1) is 3.18. The molecule has 0 aliphatic heterocycles. The summed E-state index contributed by atoms with van der Waals surface area (Å²) in [5.74, 6) is -0.681. The van der Waals surface area contributed by atoms with Crippen LogP contribution in [0.4, 0.5) is 0 Å². The standard InChI is InChI=1S/C2H5N3O2/c1-4-2(3)5(6)7/h1H3,(H2,3,4). The topological polar surface area (TPSA) is 79.0 Å². The van der Waals surface area contributed by atoms with Crippen LogP contribution in [0.5, 0.6) is 0 Å². The van der Waals surface area contributed by atoms with E-state index in [9.17, 15) is 10.1 Å². The minimum absolute atomic E-state index is 0.681. The van der Waals surface area contributed by atoms with Crippen molar-refractivity contribution in [1.82, 2.24) is 5.32 Å². The van der Waals surface area contributed by atoms with E-state index in [0.29, 0.717) is 0 Å². The molecule has 5 heteroatoms. The van der Waals surface area contributed by atoms with E-state index < -0.39 is 10.9 Å². The number of hydrogen-bond acceptors (Lipinski definition) is 3. The Morgan fingerprint density at radius 1 is 2.00 bits per heavy atom. The van der Waals surface area contributed by atoms with Gasteiger partial charge >= 0.3 is 5.96 Å². The molecule has 2 N–H and O–H groups in total. The first-order valence-electron chi connectivity index (χ1n) is 1.59. The largest absolute Gasteiger partial charge is 0.419 e. The van der Waals surface area contributed by atoms with Crippen LogP contribution in [0.15, 0.2) is 0 Å². The lowest BCUT2D eigenvalue weighted by Crippen LogP contribution is -2.25. The van der Waals surface area contributed by atoms with Gasteiger partial charge in [0.25, 0.3) is 0 Å². The highest BCUT2D eigenvalue weighted by molar-refractivity contribution is 5.66. The van der Waals surface area contributed by atoms with Crippen molar-refractivity contribution in [2.45, 2.75) is 0 Å². The van der Waals surface area contributed by atoms with E-state index in [1.165, 1.54) is 7.05 Å². The minimum Gasteiger partial charge on any atom is -0.390 e. The summed E-state index contributed by atoms with van der Waals surface area (Å²) in [4.78, 5) is 8.64. The van der Waals surface area contributed by atoms with Crippen LogP contribution in [0.2, 0.25) is 0 Å². The van der Waals surface area contributed by atoms with Crippen LogP contribution >= 0.6 is 0 Å². The van der Waals surface area contributed by atoms with Crippen LogP contribution < -0.4 is 5.32 Å². The summed E-state index contributed by atoms with van der Waals surface area (Å²) in [5.41, 5.74) is 0. The fourth-order valence-corrected chi connectivity index (χ4v) is 0.0913. The van der Waals surface area contributed by atoms with Crippen molar-refractivity contribution in [2.75, 3.05) is 7.05 Å². The van der Waals surface area contributed by atoms with Crippen LogP contribution in [0, 0.1) is 15.5 Å². The molecule has 0 radical (unpaired) electrons. The fourth-order valence-electron chi connectivity index (χ4n) is 0.0913. The molecule has 40 valence electrons. The molecule has 0 heterocycles. The Bertz CT molecular complexity index is 99.1. The molecular weight excluding hydrogens is 98.0 g/mol. The first-order valence-corrected chi connectivity index (χ1v) is 1.59. The average molecular weight is 103 g/mol. The fraction of sp³-hybridized carbons (Fsp3) is 0.500. The van der Waals surface area contributed by atoms with Crippen molar-refractivity contribution >= 4 is 5.96 Å². The minimum atomic E-state index is -0.806. The number of nitrogens with one attached hydrogen (secondary N) is 2. The summed E-state index contributed by atoms with van der Waals surface area (Å²) in [7, 11) is 1.32. The molecule has 0 spiro atoms. The van der Waals surface area contributed by atoms with Crippen molar-refractivity contribution in [1.29, 1.82) is 5.41 Å². The highest BCUT2D eigenvalue weighted by Gasteiger charge is 1.97. The molecule has 0 aliphatic rings. The Kier molecular flexibility index (Phi) is 1.78. The second-order valence-electron chi connectivity index (χ2n) is 0.856. The van der Waals surface area contributed by atoms with Crippen molar-refractivity contribution in [3.8, 4) is 0 Å². The van der Waals surface area contributed by atoms with Crippen molar-refractivity contribution < 1.29 is 4.92 Å². The average Bonchev–Trinajstić information content (AvgIpc) is 1.65. The zero-order valence-corrected chi connectivity index (χ0v) is 3.76. The summed E-state index contributed by atoms with van der Waals surface area (Å²) in [6.45, 7) is 0. The molecule has 0 saturated heterocycles. The molecule has 0 aliphatic carbocycles. The van der Waals surface area contributed by atoms with Gasteiger partial charge in [-0.2, -0.15) is 0 Å². The first kappa shape index (κ1) is 5.87. The number of rotatable bonds is 0. The third-order valence-corrected chi connectivity index (χ3v) is 0.419. The quantitative estimate of drug-likeness (QED) is 0.186. The van der Waals surface area contributed by atoms with Gasteiger partial charge in [0.15, 0.2) is 0 Å². The molecule has 5 nitrogen and oxygen atoms in total. The third kappa shape index (κ3) is 1.69. The normalized spacial score (nSPS) is 7.57. The summed E-state index contributed by atoms with van der Waals surface area (Å²) < 4.78 is 0. The molecule has 0 atom stereocenters. The van der Waals surface area contributed by atoms with E-state index in [4.69, 9.17) is 5.41 Å². The lowest BCUT2D eigenvalue weighted by molar-refractivity contribution is -0.356. The number of nitro groups is 1. The van der Waals surface area contributed by atoms with E-state index in [-0.39, 0.29) is 0 Å². The highest BCUT2D eigenvalue weighted by Crippen LogP contribution is 1.62. The summed E-state index contributed by atoms with van der Waals surface area (Å²) in [6, 6.07) is 0. The van der Waals surface area contributed by atoms with E-state index in [1.54, 1.807) is 0 Å². The SMILES string of the molecule is CNC(=N)[N+](=O)[O-]. The molecule has 0 aromatic carbocycles. The Hall–Kier alpha value is -1.13. The van der Waals surface area contributed by atoms with Gasteiger partial charge in [-0.25, -0.2) is 0 Å². The molecule has 0 aromatic rings. The lowest BCUT2D eigenvalue weighted by Gasteiger charge is -1.90. The number of hydrogen-bond donors (Lipinski definition) is 2. The van der Waals surface area contributed by atoms with Gasteiger partial charge in [0.05, 0.1) is 7.05 Å². The molecule has 0 unspecified atom stereocenters. The van der Waals surface area contributed by atoms with Crippen molar-refractivity contribution in [2.24, 2.45) is 0 Å². The zero-order valence-electron chi connectivity index (χ0n) is 3.76. The molecule has 0 rings (SSSR count). The Labute approximate surface area is 40.0 Å². The second-order valence-corrected chi connectivity index (χ2v) is 0.856. The molecule has 7 heavy (non-hydrogen) atoms. The smallest absolute Gasteiger partial charge is 0.390 e. The van der Waals surface area contributed by atoms with Crippen LogP contribution in [-0.4, -0.2) is 17.9 Å². The Morgan fingerprint density at radius 3 is 2.43 bits per heavy atom. The predicted octanol–water partition coefficient (Wildman–Crippen LogP) is -0.583. The summed E-state index contributed by atoms with van der Waals surface area (Å²) >= 11 is 0. The predicted molar refractivity (Wildman–Crippen MR) is 23.8 cm³/mol. The maximum atomic E-state index is 9.45. The van der Waals surface area contributed by atoms with E-state index in [1.807, 2.05) is 5.32 Å². The van der Waals surface area contributed by atoms with Gasteiger partial charge in [0.2, 0.25) is 0 Å². The molecule has 0 saturated carbocycles. The monoisotopic (exact) mass is 103 g/mol. The lowest BCUT2D eigenvalue weighted by atomic mass is 11.0. The van der Waals surface area contributed by atoms with Crippen LogP contribution in [0.3, 0.4) is 0 Å². The van der Waals surface area contributed by atoms with Gasteiger partial charge in [-0.05, 0) is 4.92 Å². The van der Waals surface area contributed by atoms with E-state index >= 15 is 0 Å². The van der Waals surface area contributed by atoms with Crippen molar-refractivity contribution in [3.63, 3.8) is 0 Å². The van der Waals surface area contributed by atoms with Crippen molar-refractivity contribution in [3.05, 3.63) is 10.1 Å². The second kappa shape index (κ2) is 2.12. The molecule has 0 fully saturated rings. The molecule has 0 amide bonds. The molecular formula is C2H5N3O2. The number of nitrogens with zero attached hydrogens (tertiary/aromatic N) is 1. The van der Waals surface area contributed by atoms with Gasteiger partial charge in [0.1, 0.15) is 0 Å². The maximum absolute atomic E-state index is 9.45. The summed E-state index contributed by atoms with van der Waals surface area (Å²) in [5, 5.41) is 17.9. The van der Waals surface area contributed by atoms with Gasteiger partial charge in [-0.3, -0.25) is 5.32 Å². The Morgan fingerprint density at radius 2 is 2.43 bits per heavy atom. The maximum Gasteiger partial charge on any atom is 0.419 e. The zero-order chi connectivity index (χ0) is 5.86.